The average Bonchev–Trinajstić information content (AvgIpc) is 3.09. The van der Waals surface area contributed by atoms with Crippen molar-refractivity contribution in [1.82, 2.24) is 20.2 Å². The zero-order valence-electron chi connectivity index (χ0n) is 10.7. The molecule has 0 aliphatic carbocycles. The number of aromatic amines is 2. The van der Waals surface area contributed by atoms with Crippen LogP contribution in [0.2, 0.25) is 0 Å². The van der Waals surface area contributed by atoms with Crippen molar-refractivity contribution in [3.05, 3.63) is 48.0 Å². The highest BCUT2D eigenvalue weighted by molar-refractivity contribution is 5.92. The van der Waals surface area contributed by atoms with E-state index < -0.39 is 0 Å². The minimum absolute atomic E-state index is 0.523. The van der Waals surface area contributed by atoms with E-state index >= 15 is 0 Å². The van der Waals surface area contributed by atoms with Crippen molar-refractivity contribution in [3.8, 4) is 11.5 Å². The first-order valence-electron chi connectivity index (χ1n) is 6.47. The lowest BCUT2D eigenvalue weighted by Crippen LogP contribution is -1.95. The van der Waals surface area contributed by atoms with E-state index in [0.29, 0.717) is 6.54 Å². The largest absolute Gasteiger partial charge is 0.337 e. The van der Waals surface area contributed by atoms with Crippen molar-refractivity contribution in [3.63, 3.8) is 0 Å². The lowest BCUT2D eigenvalue weighted by molar-refractivity contribution is 1.07. The van der Waals surface area contributed by atoms with E-state index in [4.69, 9.17) is 5.73 Å². The zero-order chi connectivity index (χ0) is 13.5. The number of nitrogens with two attached hydrogens (primary N) is 1. The molecule has 0 aliphatic heterocycles. The van der Waals surface area contributed by atoms with Crippen molar-refractivity contribution >= 4 is 21.9 Å². The van der Waals surface area contributed by atoms with Gasteiger partial charge in [-0.25, -0.2) is 4.98 Å². The summed E-state index contributed by atoms with van der Waals surface area (Å²) in [7, 11) is 0. The van der Waals surface area contributed by atoms with E-state index in [9.17, 15) is 0 Å². The number of benzene rings is 2. The van der Waals surface area contributed by atoms with Gasteiger partial charge >= 0.3 is 0 Å². The van der Waals surface area contributed by atoms with Gasteiger partial charge in [-0.15, -0.1) is 0 Å². The fourth-order valence-electron chi connectivity index (χ4n) is 2.44. The smallest absolute Gasteiger partial charge is 0.159 e. The maximum atomic E-state index is 5.66. The van der Waals surface area contributed by atoms with Gasteiger partial charge in [0, 0.05) is 11.9 Å². The van der Waals surface area contributed by atoms with Crippen molar-refractivity contribution < 1.29 is 0 Å². The molecule has 0 unspecified atom stereocenters. The van der Waals surface area contributed by atoms with Crippen LogP contribution >= 0.6 is 0 Å². The molecule has 0 amide bonds. The third kappa shape index (κ3) is 1.60. The van der Waals surface area contributed by atoms with Crippen molar-refractivity contribution in [2.24, 2.45) is 5.73 Å². The van der Waals surface area contributed by atoms with Crippen LogP contribution in [-0.2, 0) is 6.54 Å². The SMILES string of the molecule is NCc1ccc2nc(-c3n[nH]c4ccccc34)[nH]c2c1. The van der Waals surface area contributed by atoms with Crippen LogP contribution in [0.1, 0.15) is 5.56 Å². The van der Waals surface area contributed by atoms with Crippen molar-refractivity contribution in [2.75, 3.05) is 0 Å². The summed E-state index contributed by atoms with van der Waals surface area (Å²) in [6, 6.07) is 14.0. The molecule has 4 N–H and O–H groups in total. The second-order valence-electron chi connectivity index (χ2n) is 4.76. The Labute approximate surface area is 114 Å². The highest BCUT2D eigenvalue weighted by Gasteiger charge is 2.12. The van der Waals surface area contributed by atoms with Crippen LogP contribution < -0.4 is 5.73 Å². The summed E-state index contributed by atoms with van der Waals surface area (Å²) in [5.41, 5.74) is 10.5. The molecule has 0 bridgehead atoms. The van der Waals surface area contributed by atoms with Gasteiger partial charge in [0.1, 0.15) is 5.69 Å². The van der Waals surface area contributed by atoms with Gasteiger partial charge in [0.2, 0.25) is 0 Å². The fourth-order valence-corrected chi connectivity index (χ4v) is 2.44. The number of para-hydroxylation sites is 1. The number of hydrogen-bond acceptors (Lipinski definition) is 3. The molecule has 0 fully saturated rings. The molecular weight excluding hydrogens is 250 g/mol. The van der Waals surface area contributed by atoms with Gasteiger partial charge in [-0.2, -0.15) is 5.10 Å². The van der Waals surface area contributed by atoms with Crippen LogP contribution in [0.3, 0.4) is 0 Å². The van der Waals surface area contributed by atoms with Crippen LogP contribution in [0, 0.1) is 0 Å². The second-order valence-corrected chi connectivity index (χ2v) is 4.76. The molecular formula is C15H13N5. The topological polar surface area (TPSA) is 83.4 Å². The average molecular weight is 263 g/mol. The lowest BCUT2D eigenvalue weighted by atomic mass is 10.2. The number of fused-ring (bicyclic) bond motifs is 2. The van der Waals surface area contributed by atoms with Crippen LogP contribution in [0.5, 0.6) is 0 Å². The number of nitrogens with zero attached hydrogens (tertiary/aromatic N) is 2. The van der Waals surface area contributed by atoms with Crippen LogP contribution in [-0.4, -0.2) is 20.2 Å². The number of imidazole rings is 1. The number of H-pyrrole nitrogens is 2. The minimum atomic E-state index is 0.523. The van der Waals surface area contributed by atoms with E-state index in [2.05, 4.69) is 20.2 Å². The molecule has 4 aromatic rings. The molecule has 2 aromatic heterocycles. The van der Waals surface area contributed by atoms with Gasteiger partial charge in [0.05, 0.1) is 16.6 Å². The number of hydrogen-bond donors (Lipinski definition) is 3. The summed E-state index contributed by atoms with van der Waals surface area (Å²) in [6.07, 6.45) is 0. The summed E-state index contributed by atoms with van der Waals surface area (Å²) >= 11 is 0. The van der Waals surface area contributed by atoms with Gasteiger partial charge in [0.25, 0.3) is 0 Å². The van der Waals surface area contributed by atoms with Gasteiger partial charge in [0.15, 0.2) is 5.82 Å². The van der Waals surface area contributed by atoms with Crippen LogP contribution in [0.4, 0.5) is 0 Å². The molecule has 2 heterocycles. The van der Waals surface area contributed by atoms with E-state index in [1.165, 1.54) is 0 Å². The zero-order valence-corrected chi connectivity index (χ0v) is 10.7. The van der Waals surface area contributed by atoms with Gasteiger partial charge in [-0.1, -0.05) is 24.3 Å². The molecule has 5 nitrogen and oxygen atoms in total. The first-order valence-corrected chi connectivity index (χ1v) is 6.47. The summed E-state index contributed by atoms with van der Waals surface area (Å²) in [4.78, 5) is 7.92. The van der Waals surface area contributed by atoms with Crippen LogP contribution in [0.15, 0.2) is 42.5 Å². The number of rotatable bonds is 2. The minimum Gasteiger partial charge on any atom is -0.337 e. The molecule has 0 aliphatic rings. The third-order valence-corrected chi connectivity index (χ3v) is 3.48. The monoisotopic (exact) mass is 263 g/mol. The Balaban J connectivity index is 1.93. The Morgan fingerprint density at radius 2 is 1.95 bits per heavy atom. The molecule has 4 rings (SSSR count). The second kappa shape index (κ2) is 4.18. The molecule has 0 spiro atoms. The number of aromatic nitrogens is 4. The third-order valence-electron chi connectivity index (χ3n) is 3.48. The molecule has 2 aromatic carbocycles. The first kappa shape index (κ1) is 11.2. The maximum Gasteiger partial charge on any atom is 0.159 e. The Hall–Kier alpha value is -2.66. The maximum absolute atomic E-state index is 5.66. The highest BCUT2D eigenvalue weighted by Crippen LogP contribution is 2.26. The predicted molar refractivity (Wildman–Crippen MR) is 79.1 cm³/mol. The van der Waals surface area contributed by atoms with Gasteiger partial charge < -0.3 is 10.7 Å². The summed E-state index contributed by atoms with van der Waals surface area (Å²) in [6.45, 7) is 0.523. The summed E-state index contributed by atoms with van der Waals surface area (Å²) in [5, 5.41) is 8.44. The Kier molecular flexibility index (Phi) is 2.34. The molecule has 0 saturated heterocycles. The van der Waals surface area contributed by atoms with Crippen LogP contribution in [0.25, 0.3) is 33.5 Å². The Morgan fingerprint density at radius 3 is 2.85 bits per heavy atom. The molecule has 5 heteroatoms. The highest BCUT2D eigenvalue weighted by atomic mass is 15.1. The Bertz CT molecular complexity index is 903. The Morgan fingerprint density at radius 1 is 1.05 bits per heavy atom. The molecule has 0 saturated carbocycles. The molecule has 98 valence electrons. The summed E-state index contributed by atoms with van der Waals surface area (Å²) in [5.74, 6) is 0.770. The van der Waals surface area contributed by atoms with E-state index in [0.717, 1.165) is 39.0 Å². The van der Waals surface area contributed by atoms with Crippen molar-refractivity contribution in [2.45, 2.75) is 6.54 Å². The van der Waals surface area contributed by atoms with E-state index in [-0.39, 0.29) is 0 Å². The lowest BCUT2D eigenvalue weighted by Gasteiger charge is -1.94. The number of nitrogens with one attached hydrogen (secondary N) is 2. The van der Waals surface area contributed by atoms with Crippen molar-refractivity contribution in [1.29, 1.82) is 0 Å². The van der Waals surface area contributed by atoms with Gasteiger partial charge in [-0.05, 0) is 23.8 Å². The molecule has 20 heavy (non-hydrogen) atoms. The standard InChI is InChI=1S/C15H13N5/c16-8-9-5-6-12-13(7-9)18-15(17-12)14-10-3-1-2-4-11(10)19-20-14/h1-7H,8,16H2,(H,17,18)(H,19,20). The predicted octanol–water partition coefficient (Wildman–Crippen LogP) is 2.56. The summed E-state index contributed by atoms with van der Waals surface area (Å²) < 4.78 is 0. The molecule has 0 radical (unpaired) electrons. The quantitative estimate of drug-likeness (QED) is 0.519. The normalized spacial score (nSPS) is 11.4. The van der Waals surface area contributed by atoms with E-state index in [1.807, 2.05) is 42.5 Å². The van der Waals surface area contributed by atoms with Gasteiger partial charge in [-0.3, -0.25) is 5.10 Å². The first-order chi connectivity index (χ1) is 9.85. The fraction of sp³-hybridized carbons (Fsp3) is 0.0667. The molecule has 0 atom stereocenters. The van der Waals surface area contributed by atoms with E-state index in [1.54, 1.807) is 0 Å².